The first-order chi connectivity index (χ1) is 9.43. The number of anilines is 2. The third-order valence-electron chi connectivity index (χ3n) is 2.76. The molecular formula is C12H12ClFN4O2. The summed E-state index contributed by atoms with van der Waals surface area (Å²) in [5.74, 6) is -0.301. The van der Waals surface area contributed by atoms with Crippen molar-refractivity contribution in [3.63, 3.8) is 0 Å². The van der Waals surface area contributed by atoms with Crippen LogP contribution >= 0.6 is 11.6 Å². The van der Waals surface area contributed by atoms with Gasteiger partial charge >= 0.3 is 5.69 Å². The zero-order valence-electron chi connectivity index (χ0n) is 10.9. The Morgan fingerprint density at radius 2 is 2.25 bits per heavy atom. The van der Waals surface area contributed by atoms with Crippen LogP contribution in [0, 0.1) is 22.9 Å². The highest BCUT2D eigenvalue weighted by Crippen LogP contribution is 2.31. The predicted molar refractivity (Wildman–Crippen MR) is 74.0 cm³/mol. The van der Waals surface area contributed by atoms with Crippen LogP contribution in [0.2, 0.25) is 5.02 Å². The van der Waals surface area contributed by atoms with E-state index in [-0.39, 0.29) is 16.5 Å². The first kappa shape index (κ1) is 14.3. The number of hydrogen-bond acceptors (Lipinski definition) is 4. The summed E-state index contributed by atoms with van der Waals surface area (Å²) < 4.78 is 14.6. The summed E-state index contributed by atoms with van der Waals surface area (Å²) in [6.07, 6.45) is 0. The van der Waals surface area contributed by atoms with Crippen LogP contribution in [0.5, 0.6) is 0 Å². The number of aryl methyl sites for hydroxylation is 2. The van der Waals surface area contributed by atoms with Crippen molar-refractivity contribution >= 4 is 28.8 Å². The van der Waals surface area contributed by atoms with Gasteiger partial charge in [0.05, 0.1) is 9.95 Å². The molecule has 0 aliphatic heterocycles. The van der Waals surface area contributed by atoms with Gasteiger partial charge in [-0.05, 0) is 32.0 Å². The molecule has 0 saturated heterocycles. The molecule has 0 saturated carbocycles. The van der Waals surface area contributed by atoms with Crippen molar-refractivity contribution in [2.45, 2.75) is 20.4 Å². The van der Waals surface area contributed by atoms with E-state index in [1.807, 2.05) is 6.92 Å². The van der Waals surface area contributed by atoms with Crippen molar-refractivity contribution in [2.75, 3.05) is 5.32 Å². The number of nitrogens with zero attached hydrogens (tertiary/aromatic N) is 3. The third-order valence-corrected chi connectivity index (χ3v) is 3.05. The highest BCUT2D eigenvalue weighted by Gasteiger charge is 2.25. The number of rotatable bonds is 4. The molecule has 2 rings (SSSR count). The Morgan fingerprint density at radius 1 is 1.55 bits per heavy atom. The summed E-state index contributed by atoms with van der Waals surface area (Å²) in [4.78, 5) is 10.6. The minimum Gasteiger partial charge on any atom is -0.335 e. The fourth-order valence-electron chi connectivity index (χ4n) is 1.85. The standard InChI is InChI=1S/C12H12ClFN4O2/c1-3-17-12(11(18(19)20)7(2)16-17)15-8-4-5-10(14)9(13)6-8/h4-6,15H,3H2,1-2H3. The van der Waals surface area contributed by atoms with Crippen molar-refractivity contribution in [1.82, 2.24) is 9.78 Å². The van der Waals surface area contributed by atoms with Crippen molar-refractivity contribution in [3.05, 3.63) is 44.8 Å². The fourth-order valence-corrected chi connectivity index (χ4v) is 2.03. The molecule has 0 aliphatic carbocycles. The highest BCUT2D eigenvalue weighted by molar-refractivity contribution is 6.31. The van der Waals surface area contributed by atoms with E-state index in [1.165, 1.54) is 22.9 Å². The van der Waals surface area contributed by atoms with Crippen LogP contribution in [-0.4, -0.2) is 14.7 Å². The average molecular weight is 299 g/mol. The molecule has 1 aromatic heterocycles. The van der Waals surface area contributed by atoms with Crippen LogP contribution in [0.3, 0.4) is 0 Å². The molecule has 0 spiro atoms. The Hall–Kier alpha value is -2.15. The van der Waals surface area contributed by atoms with Crippen LogP contribution < -0.4 is 5.32 Å². The smallest absolute Gasteiger partial charge is 0.334 e. The second-order valence-corrected chi connectivity index (χ2v) is 4.52. The Bertz CT molecular complexity index is 672. The van der Waals surface area contributed by atoms with Gasteiger partial charge in [0.2, 0.25) is 5.82 Å². The summed E-state index contributed by atoms with van der Waals surface area (Å²) in [6.45, 7) is 3.85. The van der Waals surface area contributed by atoms with Gasteiger partial charge in [0.15, 0.2) is 0 Å². The summed E-state index contributed by atoms with van der Waals surface area (Å²) in [6, 6.07) is 4.01. The van der Waals surface area contributed by atoms with E-state index in [0.717, 1.165) is 0 Å². The number of benzene rings is 1. The van der Waals surface area contributed by atoms with Gasteiger partial charge in [-0.2, -0.15) is 5.10 Å². The molecule has 20 heavy (non-hydrogen) atoms. The van der Waals surface area contributed by atoms with Crippen molar-refractivity contribution in [1.29, 1.82) is 0 Å². The summed E-state index contributed by atoms with van der Waals surface area (Å²) in [5.41, 5.74) is 0.661. The lowest BCUT2D eigenvalue weighted by atomic mass is 10.3. The predicted octanol–water partition coefficient (Wildman–Crippen LogP) is 3.66. The first-order valence-electron chi connectivity index (χ1n) is 5.88. The summed E-state index contributed by atoms with van der Waals surface area (Å²) in [7, 11) is 0. The largest absolute Gasteiger partial charge is 0.335 e. The molecule has 1 heterocycles. The lowest BCUT2D eigenvalue weighted by Gasteiger charge is -2.08. The van der Waals surface area contributed by atoms with E-state index >= 15 is 0 Å². The SMILES string of the molecule is CCn1nc(C)c([N+](=O)[O-])c1Nc1ccc(F)c(Cl)c1. The Labute approximate surface area is 119 Å². The van der Waals surface area contributed by atoms with E-state index in [1.54, 1.807) is 6.92 Å². The zero-order valence-corrected chi connectivity index (χ0v) is 11.6. The minimum atomic E-state index is -0.549. The number of halogens is 2. The Morgan fingerprint density at radius 3 is 2.80 bits per heavy atom. The molecule has 1 aromatic carbocycles. The molecule has 1 N–H and O–H groups in total. The van der Waals surface area contributed by atoms with Crippen LogP contribution in [0.15, 0.2) is 18.2 Å². The maximum atomic E-state index is 13.1. The molecule has 0 amide bonds. The lowest BCUT2D eigenvalue weighted by Crippen LogP contribution is -2.04. The van der Waals surface area contributed by atoms with Gasteiger partial charge in [-0.25, -0.2) is 9.07 Å². The second kappa shape index (κ2) is 5.46. The van der Waals surface area contributed by atoms with Gasteiger partial charge in [0.1, 0.15) is 11.5 Å². The van der Waals surface area contributed by atoms with Gasteiger partial charge in [0, 0.05) is 12.2 Å². The van der Waals surface area contributed by atoms with Gasteiger partial charge in [-0.3, -0.25) is 10.1 Å². The number of hydrogen-bond donors (Lipinski definition) is 1. The second-order valence-electron chi connectivity index (χ2n) is 4.11. The van der Waals surface area contributed by atoms with Crippen LogP contribution in [0.4, 0.5) is 21.6 Å². The maximum absolute atomic E-state index is 13.1. The number of aromatic nitrogens is 2. The van der Waals surface area contributed by atoms with E-state index in [2.05, 4.69) is 10.4 Å². The van der Waals surface area contributed by atoms with Crippen LogP contribution in [-0.2, 0) is 6.54 Å². The van der Waals surface area contributed by atoms with Crippen LogP contribution in [0.1, 0.15) is 12.6 Å². The quantitative estimate of drug-likeness (QED) is 0.690. The third kappa shape index (κ3) is 2.57. The van der Waals surface area contributed by atoms with E-state index in [0.29, 0.717) is 17.9 Å². The van der Waals surface area contributed by atoms with E-state index < -0.39 is 10.7 Å². The molecule has 0 bridgehead atoms. The first-order valence-corrected chi connectivity index (χ1v) is 6.25. The molecule has 0 radical (unpaired) electrons. The van der Waals surface area contributed by atoms with Gasteiger partial charge < -0.3 is 5.32 Å². The van der Waals surface area contributed by atoms with Crippen molar-refractivity contribution in [2.24, 2.45) is 0 Å². The molecule has 106 valence electrons. The molecule has 8 heteroatoms. The Balaban J connectivity index is 2.46. The lowest BCUT2D eigenvalue weighted by molar-refractivity contribution is -0.384. The average Bonchev–Trinajstić information content (AvgIpc) is 2.70. The van der Waals surface area contributed by atoms with Crippen molar-refractivity contribution in [3.8, 4) is 0 Å². The van der Waals surface area contributed by atoms with Crippen molar-refractivity contribution < 1.29 is 9.31 Å². The fraction of sp³-hybridized carbons (Fsp3) is 0.250. The molecule has 0 aliphatic rings. The highest BCUT2D eigenvalue weighted by atomic mass is 35.5. The normalized spacial score (nSPS) is 10.6. The molecule has 6 nitrogen and oxygen atoms in total. The molecule has 0 atom stereocenters. The summed E-state index contributed by atoms with van der Waals surface area (Å²) in [5, 5.41) is 18.0. The molecule has 0 fully saturated rings. The summed E-state index contributed by atoms with van der Waals surface area (Å²) >= 11 is 5.69. The monoisotopic (exact) mass is 298 g/mol. The number of nitro groups is 1. The van der Waals surface area contributed by atoms with Gasteiger partial charge in [-0.1, -0.05) is 11.6 Å². The topological polar surface area (TPSA) is 73.0 Å². The van der Waals surface area contributed by atoms with E-state index in [4.69, 9.17) is 11.6 Å². The molecule has 0 unspecified atom stereocenters. The zero-order chi connectivity index (χ0) is 14.9. The maximum Gasteiger partial charge on any atom is 0.334 e. The van der Waals surface area contributed by atoms with Crippen LogP contribution in [0.25, 0.3) is 0 Å². The molecule has 2 aromatic rings. The minimum absolute atomic E-state index is 0.0584. The number of nitrogens with one attached hydrogen (secondary N) is 1. The van der Waals surface area contributed by atoms with Gasteiger partial charge in [0.25, 0.3) is 0 Å². The van der Waals surface area contributed by atoms with E-state index in [9.17, 15) is 14.5 Å². The molecular weight excluding hydrogens is 287 g/mol. The van der Waals surface area contributed by atoms with Gasteiger partial charge in [-0.15, -0.1) is 0 Å². The Kier molecular flexibility index (Phi) is 3.89.